The Morgan fingerprint density at radius 3 is 2.51 bits per heavy atom. The number of rotatable bonds is 6. The number of sulfonamides is 1. The molecule has 14 heteroatoms. The number of hydrogen-bond acceptors (Lipinski definition) is 9. The van der Waals surface area contributed by atoms with E-state index in [-0.39, 0.29) is 22.0 Å². The number of fused-ring (bicyclic) bond motifs is 1. The Morgan fingerprint density at radius 1 is 1.26 bits per heavy atom. The van der Waals surface area contributed by atoms with Crippen LogP contribution in [0.1, 0.15) is 43.8 Å². The third-order valence-electron chi connectivity index (χ3n) is 6.19. The second kappa shape index (κ2) is 8.44. The molecule has 1 aliphatic carbocycles. The van der Waals surface area contributed by atoms with E-state index < -0.39 is 27.0 Å². The molecule has 3 aromatic rings. The molecule has 1 aliphatic heterocycles. The van der Waals surface area contributed by atoms with Crippen LogP contribution in [0.3, 0.4) is 0 Å². The Morgan fingerprint density at radius 2 is 1.94 bits per heavy atom. The van der Waals surface area contributed by atoms with Crippen molar-refractivity contribution in [1.82, 2.24) is 29.9 Å². The number of nitriles is 1. The Kier molecular flexibility index (Phi) is 5.78. The summed E-state index contributed by atoms with van der Waals surface area (Å²) in [6.07, 6.45) is -1.87. The number of nitrogens with zero attached hydrogens (tertiary/aromatic N) is 6. The van der Waals surface area contributed by atoms with Crippen LogP contribution in [0.15, 0.2) is 17.0 Å². The number of alkyl halides is 2. The molecule has 35 heavy (non-hydrogen) atoms. The molecule has 10 nitrogen and oxygen atoms in total. The van der Waals surface area contributed by atoms with E-state index in [1.807, 2.05) is 19.9 Å². The summed E-state index contributed by atoms with van der Waals surface area (Å²) in [6, 6.07) is 5.34. The number of aromatic nitrogens is 4. The lowest BCUT2D eigenvalue weighted by atomic mass is 10.1. The van der Waals surface area contributed by atoms with Crippen molar-refractivity contribution in [3.05, 3.63) is 22.8 Å². The summed E-state index contributed by atoms with van der Waals surface area (Å²) >= 11 is 0.750. The smallest absolute Gasteiger partial charge is 0.291 e. The second-order valence-electron chi connectivity index (χ2n) is 9.23. The van der Waals surface area contributed by atoms with Crippen LogP contribution >= 0.6 is 11.3 Å². The molecule has 0 unspecified atom stereocenters. The highest BCUT2D eigenvalue weighted by Gasteiger charge is 2.47. The van der Waals surface area contributed by atoms with Gasteiger partial charge in [-0.15, -0.1) is 10.2 Å². The Labute approximate surface area is 205 Å². The van der Waals surface area contributed by atoms with Gasteiger partial charge in [-0.25, -0.2) is 21.7 Å². The molecule has 0 radical (unpaired) electrons. The highest BCUT2D eigenvalue weighted by atomic mass is 32.2. The van der Waals surface area contributed by atoms with Gasteiger partial charge in [0, 0.05) is 31.2 Å². The molecule has 4 heterocycles. The van der Waals surface area contributed by atoms with E-state index in [9.17, 15) is 22.5 Å². The molecule has 0 aromatic carbocycles. The zero-order valence-electron chi connectivity index (χ0n) is 19.3. The van der Waals surface area contributed by atoms with E-state index >= 15 is 0 Å². The van der Waals surface area contributed by atoms with Crippen molar-refractivity contribution in [2.24, 2.45) is 0 Å². The van der Waals surface area contributed by atoms with Gasteiger partial charge < -0.3 is 10.2 Å². The third-order valence-corrected chi connectivity index (χ3v) is 8.65. The second-order valence-corrected chi connectivity index (χ2v) is 11.9. The van der Waals surface area contributed by atoms with Gasteiger partial charge >= 0.3 is 0 Å². The molecule has 1 saturated heterocycles. The summed E-state index contributed by atoms with van der Waals surface area (Å²) < 4.78 is 57.3. The highest BCUT2D eigenvalue weighted by molar-refractivity contribution is 7.89. The Hall–Kier alpha value is -2.73. The summed E-state index contributed by atoms with van der Waals surface area (Å²) in [6.45, 7) is 7.03. The lowest BCUT2D eigenvalue weighted by Crippen LogP contribution is -2.54. The normalized spacial score (nSPS) is 22.0. The van der Waals surface area contributed by atoms with Crippen molar-refractivity contribution in [1.29, 1.82) is 5.26 Å². The van der Waals surface area contributed by atoms with Crippen molar-refractivity contribution in [3.63, 3.8) is 0 Å². The standard InChI is InChI=1S/C21H24F2N8O2S2/c1-11-8-30(9-12(2)25-11)16-7-14(35(32,33)29-21(10-24)4-5-21)6-15-17(13(3)28-31(15)16)19-26-27-20(34-19)18(22)23/h6-7,11-12,18,25,29H,4-5,8-9H2,1-3H3/t11-,12-/m0/s1. The van der Waals surface area contributed by atoms with E-state index in [2.05, 4.69) is 30.2 Å². The predicted octanol–water partition coefficient (Wildman–Crippen LogP) is 2.62. The van der Waals surface area contributed by atoms with Crippen molar-refractivity contribution in [2.45, 2.75) is 62.6 Å². The molecule has 1 saturated carbocycles. The summed E-state index contributed by atoms with van der Waals surface area (Å²) in [5, 5.41) is 24.8. The van der Waals surface area contributed by atoms with Crippen LogP contribution < -0.4 is 14.9 Å². The fraction of sp³-hybridized carbons (Fsp3) is 0.524. The van der Waals surface area contributed by atoms with Crippen molar-refractivity contribution in [2.75, 3.05) is 18.0 Å². The molecule has 2 aliphatic rings. The first-order chi connectivity index (χ1) is 16.5. The van der Waals surface area contributed by atoms with Crippen molar-refractivity contribution in [3.8, 4) is 16.6 Å². The molecule has 186 valence electrons. The van der Waals surface area contributed by atoms with Crippen LogP contribution in [-0.2, 0) is 10.0 Å². The van der Waals surface area contributed by atoms with Gasteiger partial charge in [-0.05, 0) is 39.7 Å². The summed E-state index contributed by atoms with van der Waals surface area (Å²) in [4.78, 5) is 2.02. The van der Waals surface area contributed by atoms with Crippen LogP contribution in [0, 0.1) is 18.3 Å². The zero-order valence-corrected chi connectivity index (χ0v) is 20.9. The number of pyridine rings is 1. The maximum atomic E-state index is 13.4. The quantitative estimate of drug-likeness (QED) is 0.506. The first kappa shape index (κ1) is 24.0. The fourth-order valence-corrected chi connectivity index (χ4v) is 6.69. The topological polar surface area (TPSA) is 128 Å². The van der Waals surface area contributed by atoms with Crippen LogP contribution in [0.25, 0.3) is 16.1 Å². The molecule has 0 amide bonds. The van der Waals surface area contributed by atoms with Gasteiger partial charge in [0.2, 0.25) is 10.0 Å². The molecule has 0 bridgehead atoms. The number of halogens is 2. The highest BCUT2D eigenvalue weighted by Crippen LogP contribution is 2.39. The van der Waals surface area contributed by atoms with Gasteiger partial charge in [-0.1, -0.05) is 11.3 Å². The fourth-order valence-electron chi connectivity index (χ4n) is 4.48. The molecule has 0 spiro atoms. The van der Waals surface area contributed by atoms with E-state index in [1.165, 1.54) is 6.07 Å². The van der Waals surface area contributed by atoms with E-state index in [0.717, 1.165) is 11.3 Å². The molecule has 2 N–H and O–H groups in total. The Bertz CT molecular complexity index is 1430. The van der Waals surface area contributed by atoms with Gasteiger partial charge in [0.1, 0.15) is 11.4 Å². The zero-order chi connectivity index (χ0) is 25.1. The molecule has 2 atom stereocenters. The van der Waals surface area contributed by atoms with Crippen LogP contribution in [0.5, 0.6) is 0 Å². The van der Waals surface area contributed by atoms with Crippen molar-refractivity contribution < 1.29 is 17.2 Å². The number of nitrogens with one attached hydrogen (secondary N) is 2. The number of aryl methyl sites for hydroxylation is 1. The van der Waals surface area contributed by atoms with Crippen molar-refractivity contribution >= 4 is 32.7 Å². The maximum absolute atomic E-state index is 13.4. The van der Waals surface area contributed by atoms with E-state index in [4.69, 9.17) is 0 Å². The first-order valence-corrected chi connectivity index (χ1v) is 13.4. The largest absolute Gasteiger partial charge is 0.353 e. The number of hydrogen-bond donors (Lipinski definition) is 2. The van der Waals surface area contributed by atoms with Gasteiger partial charge in [0.05, 0.1) is 27.7 Å². The summed E-state index contributed by atoms with van der Waals surface area (Å²) in [5.74, 6) is 0.554. The van der Waals surface area contributed by atoms with E-state index in [0.29, 0.717) is 48.5 Å². The van der Waals surface area contributed by atoms with Gasteiger partial charge in [0.15, 0.2) is 10.0 Å². The lowest BCUT2D eigenvalue weighted by molar-refractivity contribution is 0.150. The third kappa shape index (κ3) is 4.37. The molecular weight excluding hydrogens is 498 g/mol. The molecular formula is C21H24F2N8O2S2. The number of piperazine rings is 1. The minimum absolute atomic E-state index is 0.0277. The summed E-state index contributed by atoms with van der Waals surface area (Å²) in [7, 11) is -4.05. The predicted molar refractivity (Wildman–Crippen MR) is 126 cm³/mol. The van der Waals surface area contributed by atoms with Crippen LogP contribution in [0.4, 0.5) is 14.6 Å². The van der Waals surface area contributed by atoms with Crippen LogP contribution in [-0.4, -0.2) is 58.9 Å². The maximum Gasteiger partial charge on any atom is 0.291 e. The van der Waals surface area contributed by atoms with Gasteiger partial charge in [0.25, 0.3) is 6.43 Å². The summed E-state index contributed by atoms with van der Waals surface area (Å²) in [5.41, 5.74) is 0.286. The van der Waals surface area contributed by atoms with Crippen LogP contribution in [0.2, 0.25) is 0 Å². The lowest BCUT2D eigenvalue weighted by Gasteiger charge is -2.37. The molecule has 5 rings (SSSR count). The minimum Gasteiger partial charge on any atom is -0.353 e. The molecule has 3 aromatic heterocycles. The SMILES string of the molecule is Cc1nn2c(N3C[C@H](C)N[C@@H](C)C3)cc(S(=O)(=O)NC3(C#N)CC3)cc2c1-c1nnc(C(F)F)s1. The number of anilines is 1. The monoisotopic (exact) mass is 522 g/mol. The first-order valence-electron chi connectivity index (χ1n) is 11.1. The Balaban J connectivity index is 1.71. The molecule has 2 fully saturated rings. The van der Waals surface area contributed by atoms with E-state index in [1.54, 1.807) is 17.5 Å². The minimum atomic E-state index is -4.05. The van der Waals surface area contributed by atoms with Gasteiger partial charge in [-0.3, -0.25) is 0 Å². The average molecular weight is 523 g/mol. The van der Waals surface area contributed by atoms with Gasteiger partial charge in [-0.2, -0.15) is 15.1 Å². The average Bonchev–Trinajstić information content (AvgIpc) is 3.22.